The Morgan fingerprint density at radius 1 is 1.40 bits per heavy atom. The zero-order valence-electron chi connectivity index (χ0n) is 7.15. The minimum absolute atomic E-state index is 0.260. The van der Waals surface area contributed by atoms with Crippen molar-refractivity contribution in [1.29, 1.82) is 0 Å². The number of rotatable bonds is 2. The summed E-state index contributed by atoms with van der Waals surface area (Å²) in [5.74, 6) is 0. The summed E-state index contributed by atoms with van der Waals surface area (Å²) < 4.78 is 1.83. The average Bonchev–Trinajstić information content (AvgIpc) is 2.12. The third kappa shape index (κ3) is 2.88. The van der Waals surface area contributed by atoms with E-state index in [1.165, 1.54) is 6.42 Å². The van der Waals surface area contributed by atoms with Crippen LogP contribution in [0.4, 0.5) is 0 Å². The Hall–Kier alpha value is 0.240. The van der Waals surface area contributed by atoms with Crippen LogP contribution in [0.5, 0.6) is 0 Å². The van der Waals surface area contributed by atoms with Gasteiger partial charge in [-0.25, -0.2) is 0 Å². The molecule has 0 saturated heterocycles. The molecule has 0 saturated carbocycles. The van der Waals surface area contributed by atoms with Crippen LogP contribution in [-0.2, 0) is 0 Å². The molecule has 1 rings (SSSR count). The molecule has 0 spiro atoms. The summed E-state index contributed by atoms with van der Waals surface area (Å²) in [6.45, 7) is 6.88. The molecule has 0 N–H and O–H groups in total. The van der Waals surface area contributed by atoms with E-state index in [2.05, 4.69) is 37.9 Å². The van der Waals surface area contributed by atoms with Crippen LogP contribution in [-0.4, -0.2) is 21.4 Å². The third-order valence-electron chi connectivity index (χ3n) is 1.61. The molecule has 0 heterocycles. The predicted molar refractivity (Wildman–Crippen MR) is 53.7 cm³/mol. The Bertz CT molecular complexity index is 174. The normalized spacial score (nSPS) is 18.9. The van der Waals surface area contributed by atoms with Gasteiger partial charge in [0, 0.05) is 0 Å². The van der Waals surface area contributed by atoms with Crippen molar-refractivity contribution in [3.63, 3.8) is 0 Å². The van der Waals surface area contributed by atoms with Gasteiger partial charge >= 0.3 is 70.1 Å². The topological polar surface area (TPSA) is 0 Å². The Balaban J connectivity index is 2.41. The standard InChI is InChI=1S/C8H16GeSi/c1-10(2,3)9-8-6-4-5-7-8/h4-6H,7,9H2,1-3H3. The molecule has 0 fully saturated rings. The first-order valence-corrected chi connectivity index (χ1v) is 13.6. The molecule has 1 aliphatic carbocycles. The Kier molecular flexibility index (Phi) is 2.58. The van der Waals surface area contributed by atoms with Crippen molar-refractivity contribution >= 4 is 21.4 Å². The van der Waals surface area contributed by atoms with Gasteiger partial charge in [-0.05, 0) is 0 Å². The fourth-order valence-electron chi connectivity index (χ4n) is 1.30. The van der Waals surface area contributed by atoms with Crippen molar-refractivity contribution in [3.8, 4) is 0 Å². The van der Waals surface area contributed by atoms with Gasteiger partial charge in [0.15, 0.2) is 0 Å². The second-order valence-corrected chi connectivity index (χ2v) is 27.2. The Labute approximate surface area is 70.3 Å². The van der Waals surface area contributed by atoms with Crippen molar-refractivity contribution in [1.82, 2.24) is 0 Å². The summed E-state index contributed by atoms with van der Waals surface area (Å²) in [5, 5.41) is 0. The number of hydrogen-bond donors (Lipinski definition) is 0. The first kappa shape index (κ1) is 8.34. The van der Waals surface area contributed by atoms with Gasteiger partial charge in [0.1, 0.15) is 0 Å². The zero-order chi connectivity index (χ0) is 7.61. The molecule has 0 radical (unpaired) electrons. The van der Waals surface area contributed by atoms with Crippen LogP contribution in [0.15, 0.2) is 22.6 Å². The van der Waals surface area contributed by atoms with Gasteiger partial charge in [-0.15, -0.1) is 0 Å². The van der Waals surface area contributed by atoms with Gasteiger partial charge in [0.2, 0.25) is 0 Å². The Morgan fingerprint density at radius 3 is 2.50 bits per heavy atom. The predicted octanol–water partition coefficient (Wildman–Crippen LogP) is 1.83. The van der Waals surface area contributed by atoms with Crippen LogP contribution < -0.4 is 0 Å². The molecule has 0 aliphatic heterocycles. The van der Waals surface area contributed by atoms with Gasteiger partial charge in [-0.1, -0.05) is 0 Å². The van der Waals surface area contributed by atoms with Crippen LogP contribution in [0.1, 0.15) is 6.42 Å². The summed E-state index contributed by atoms with van der Waals surface area (Å²) in [7, 11) is 0. The number of hydrogen-bond acceptors (Lipinski definition) is 0. The van der Waals surface area contributed by atoms with E-state index < -0.39 is 6.60 Å². The van der Waals surface area contributed by atoms with Crippen LogP contribution >= 0.6 is 0 Å². The van der Waals surface area contributed by atoms with E-state index in [-0.39, 0.29) is 14.8 Å². The molecule has 0 aromatic heterocycles. The third-order valence-corrected chi connectivity index (χ3v) is 13.8. The van der Waals surface area contributed by atoms with E-state index in [9.17, 15) is 0 Å². The minimum atomic E-state index is -0.643. The van der Waals surface area contributed by atoms with Gasteiger partial charge in [0.05, 0.1) is 0 Å². The molecule has 10 heavy (non-hydrogen) atoms. The van der Waals surface area contributed by atoms with Gasteiger partial charge in [-0.2, -0.15) is 0 Å². The fraction of sp³-hybridized carbons (Fsp3) is 0.500. The van der Waals surface area contributed by atoms with E-state index >= 15 is 0 Å². The van der Waals surface area contributed by atoms with Crippen molar-refractivity contribution in [2.45, 2.75) is 26.1 Å². The molecular formula is C8H16GeSi. The zero-order valence-corrected chi connectivity index (χ0v) is 11.1. The molecule has 2 heteroatoms. The maximum atomic E-state index is 2.51. The van der Waals surface area contributed by atoms with E-state index in [4.69, 9.17) is 0 Å². The molecule has 0 unspecified atom stereocenters. The summed E-state index contributed by atoms with van der Waals surface area (Å²) in [4.78, 5) is 0. The fourth-order valence-corrected chi connectivity index (χ4v) is 13.8. The van der Waals surface area contributed by atoms with Gasteiger partial charge in [0.25, 0.3) is 0 Å². The molecule has 0 amide bonds. The van der Waals surface area contributed by atoms with E-state index in [1.54, 1.807) is 0 Å². The average molecular weight is 213 g/mol. The van der Waals surface area contributed by atoms with Crippen molar-refractivity contribution < 1.29 is 0 Å². The summed E-state index contributed by atoms with van der Waals surface area (Å²) in [6.07, 6.45) is 8.17. The molecule has 0 aromatic rings. The van der Waals surface area contributed by atoms with Crippen LogP contribution in [0.25, 0.3) is 0 Å². The van der Waals surface area contributed by atoms with Crippen LogP contribution in [0.3, 0.4) is 0 Å². The van der Waals surface area contributed by atoms with Crippen LogP contribution in [0.2, 0.25) is 19.6 Å². The summed E-state index contributed by atoms with van der Waals surface area (Å²) in [6, 6.07) is 0. The maximum absolute atomic E-state index is 2.51. The van der Waals surface area contributed by atoms with E-state index in [0.717, 1.165) is 0 Å². The molecule has 0 aromatic carbocycles. The van der Waals surface area contributed by atoms with E-state index in [1.807, 2.05) is 4.41 Å². The molecule has 1 aliphatic rings. The van der Waals surface area contributed by atoms with Crippen molar-refractivity contribution in [2.24, 2.45) is 0 Å². The summed E-state index contributed by atoms with van der Waals surface area (Å²) in [5.41, 5.74) is 0. The quantitative estimate of drug-likeness (QED) is 0.613. The molecular weight excluding hydrogens is 197 g/mol. The Morgan fingerprint density at radius 2 is 2.10 bits per heavy atom. The number of allylic oxidation sites excluding steroid dienone is 4. The van der Waals surface area contributed by atoms with Crippen LogP contribution in [0, 0.1) is 0 Å². The molecule has 56 valence electrons. The van der Waals surface area contributed by atoms with Gasteiger partial charge < -0.3 is 0 Å². The monoisotopic (exact) mass is 214 g/mol. The molecule has 0 atom stereocenters. The van der Waals surface area contributed by atoms with Gasteiger partial charge in [-0.3, -0.25) is 0 Å². The van der Waals surface area contributed by atoms with Crippen molar-refractivity contribution in [2.75, 3.05) is 0 Å². The SMILES string of the molecule is C[Si](C)(C)[GeH2][C]1=CC=CC1. The van der Waals surface area contributed by atoms with E-state index in [0.29, 0.717) is 0 Å². The summed E-state index contributed by atoms with van der Waals surface area (Å²) >= 11 is -0.260. The second-order valence-electron chi connectivity index (χ2n) is 4.19. The second kappa shape index (κ2) is 3.09. The molecule has 0 bridgehead atoms. The first-order chi connectivity index (χ1) is 4.58. The molecule has 0 nitrogen and oxygen atoms in total. The first-order valence-electron chi connectivity index (χ1n) is 3.92. The van der Waals surface area contributed by atoms with Crippen molar-refractivity contribution in [3.05, 3.63) is 22.6 Å².